The molecule has 0 aromatic heterocycles. The number of nitrogens with one attached hydrogen (secondary N) is 1. The maximum absolute atomic E-state index is 12.8. The van der Waals surface area contributed by atoms with Crippen LogP contribution in [0.4, 0.5) is 4.39 Å². The number of amides is 1. The summed E-state index contributed by atoms with van der Waals surface area (Å²) in [6, 6.07) is 12.2. The van der Waals surface area contributed by atoms with Gasteiger partial charge in [-0.3, -0.25) is 4.79 Å². The fraction of sp³-hybridized carbons (Fsp3) is 0.222. The molecule has 1 atom stereocenters. The molecular formula is C18H18FNO4. The van der Waals surface area contributed by atoms with Crippen LogP contribution in [0, 0.1) is 5.82 Å². The highest BCUT2D eigenvalue weighted by atomic mass is 19.1. The van der Waals surface area contributed by atoms with E-state index in [9.17, 15) is 14.0 Å². The first kappa shape index (κ1) is 17.5. The van der Waals surface area contributed by atoms with Crippen molar-refractivity contribution in [2.75, 3.05) is 7.11 Å². The van der Waals surface area contributed by atoms with Crippen LogP contribution in [0.1, 0.15) is 22.8 Å². The van der Waals surface area contributed by atoms with Crippen LogP contribution in [-0.2, 0) is 16.1 Å². The van der Waals surface area contributed by atoms with Crippen LogP contribution in [0.25, 0.3) is 0 Å². The van der Waals surface area contributed by atoms with Gasteiger partial charge in [0.05, 0.1) is 12.7 Å². The van der Waals surface area contributed by atoms with E-state index in [-0.39, 0.29) is 12.4 Å². The Hall–Kier alpha value is -2.89. The number of hydrogen-bond acceptors (Lipinski definition) is 4. The molecule has 0 spiro atoms. The molecule has 0 fully saturated rings. The molecule has 6 heteroatoms. The number of halogens is 1. The zero-order chi connectivity index (χ0) is 17.5. The van der Waals surface area contributed by atoms with Crippen molar-refractivity contribution in [3.63, 3.8) is 0 Å². The van der Waals surface area contributed by atoms with E-state index >= 15 is 0 Å². The molecule has 0 bridgehead atoms. The highest BCUT2D eigenvalue weighted by molar-refractivity contribution is 5.92. The molecule has 0 aliphatic rings. The molecule has 24 heavy (non-hydrogen) atoms. The van der Waals surface area contributed by atoms with Crippen LogP contribution in [-0.4, -0.2) is 25.1 Å². The van der Waals surface area contributed by atoms with Gasteiger partial charge in [0, 0.05) is 6.54 Å². The molecule has 126 valence electrons. The first-order valence-corrected chi connectivity index (χ1v) is 7.37. The number of hydrogen-bond donors (Lipinski definition) is 1. The molecule has 0 aliphatic heterocycles. The number of esters is 1. The second kappa shape index (κ2) is 8.10. The van der Waals surface area contributed by atoms with Crippen LogP contribution < -0.4 is 10.1 Å². The number of carbonyl (C=O) groups excluding carboxylic acids is 2. The van der Waals surface area contributed by atoms with Crippen molar-refractivity contribution in [1.29, 1.82) is 0 Å². The highest BCUT2D eigenvalue weighted by Crippen LogP contribution is 2.14. The minimum absolute atomic E-state index is 0.222. The zero-order valence-electron chi connectivity index (χ0n) is 13.4. The lowest BCUT2D eigenvalue weighted by molar-refractivity contribution is -0.129. The molecule has 0 saturated carbocycles. The molecule has 0 saturated heterocycles. The van der Waals surface area contributed by atoms with Crippen LogP contribution in [0.15, 0.2) is 48.5 Å². The van der Waals surface area contributed by atoms with E-state index < -0.39 is 18.0 Å². The van der Waals surface area contributed by atoms with Gasteiger partial charge < -0.3 is 14.8 Å². The van der Waals surface area contributed by atoms with Crippen molar-refractivity contribution in [2.24, 2.45) is 0 Å². The van der Waals surface area contributed by atoms with Gasteiger partial charge in [0.1, 0.15) is 11.6 Å². The molecule has 1 unspecified atom stereocenters. The summed E-state index contributed by atoms with van der Waals surface area (Å²) < 4.78 is 23.0. The molecule has 2 aromatic rings. The standard InChI is InChI=1S/C18H18FNO4/c1-12(17(21)20-11-13-6-8-15(19)9-7-13)24-18(22)14-4-3-5-16(10-14)23-2/h3-10,12H,11H2,1-2H3,(H,20,21). The van der Waals surface area contributed by atoms with E-state index in [0.29, 0.717) is 11.3 Å². The molecule has 2 rings (SSSR count). The van der Waals surface area contributed by atoms with Crippen LogP contribution in [0.2, 0.25) is 0 Å². The lowest BCUT2D eigenvalue weighted by atomic mass is 10.2. The average molecular weight is 331 g/mol. The lowest BCUT2D eigenvalue weighted by Crippen LogP contribution is -2.35. The summed E-state index contributed by atoms with van der Waals surface area (Å²) in [6.07, 6.45) is -0.954. The van der Waals surface area contributed by atoms with Crippen molar-refractivity contribution in [3.8, 4) is 5.75 Å². The topological polar surface area (TPSA) is 64.6 Å². The Morgan fingerprint density at radius 2 is 1.88 bits per heavy atom. The number of benzene rings is 2. The number of carbonyl (C=O) groups is 2. The zero-order valence-corrected chi connectivity index (χ0v) is 13.4. The summed E-state index contributed by atoms with van der Waals surface area (Å²) in [7, 11) is 1.50. The minimum Gasteiger partial charge on any atom is -0.497 e. The highest BCUT2D eigenvalue weighted by Gasteiger charge is 2.19. The van der Waals surface area contributed by atoms with Gasteiger partial charge in [0.2, 0.25) is 0 Å². The Bertz CT molecular complexity index is 715. The summed E-state index contributed by atoms with van der Waals surface area (Å²) >= 11 is 0. The Morgan fingerprint density at radius 1 is 1.17 bits per heavy atom. The van der Waals surface area contributed by atoms with Gasteiger partial charge in [-0.25, -0.2) is 9.18 Å². The summed E-state index contributed by atoms with van der Waals surface area (Å²) in [4.78, 5) is 24.0. The molecule has 1 amide bonds. The maximum atomic E-state index is 12.8. The van der Waals surface area contributed by atoms with E-state index in [4.69, 9.17) is 9.47 Å². The Kier molecular flexibility index (Phi) is 5.89. The van der Waals surface area contributed by atoms with Crippen molar-refractivity contribution in [2.45, 2.75) is 19.6 Å². The fourth-order valence-corrected chi connectivity index (χ4v) is 1.97. The first-order chi connectivity index (χ1) is 11.5. The molecule has 5 nitrogen and oxygen atoms in total. The normalized spacial score (nSPS) is 11.5. The minimum atomic E-state index is -0.954. The van der Waals surface area contributed by atoms with Gasteiger partial charge in [0.25, 0.3) is 5.91 Å². The maximum Gasteiger partial charge on any atom is 0.339 e. The third-order valence-electron chi connectivity index (χ3n) is 3.34. The summed E-state index contributed by atoms with van der Waals surface area (Å²) in [5, 5.41) is 2.63. The predicted octanol–water partition coefficient (Wildman–Crippen LogP) is 2.70. The summed E-state index contributed by atoms with van der Waals surface area (Å²) in [6.45, 7) is 1.71. The number of methoxy groups -OCH3 is 1. The SMILES string of the molecule is COc1cccc(C(=O)OC(C)C(=O)NCc2ccc(F)cc2)c1. The molecule has 1 N–H and O–H groups in total. The van der Waals surface area contributed by atoms with E-state index in [0.717, 1.165) is 5.56 Å². The fourth-order valence-electron chi connectivity index (χ4n) is 1.97. The second-order valence-corrected chi connectivity index (χ2v) is 5.12. The Balaban J connectivity index is 1.88. The summed E-state index contributed by atoms with van der Waals surface area (Å²) in [5.41, 5.74) is 1.05. The monoisotopic (exact) mass is 331 g/mol. The molecular weight excluding hydrogens is 313 g/mol. The molecule has 2 aromatic carbocycles. The van der Waals surface area contributed by atoms with Gasteiger partial charge in [-0.2, -0.15) is 0 Å². The largest absolute Gasteiger partial charge is 0.497 e. The Morgan fingerprint density at radius 3 is 2.54 bits per heavy atom. The van der Waals surface area contributed by atoms with Gasteiger partial charge in [-0.05, 0) is 42.8 Å². The van der Waals surface area contributed by atoms with E-state index in [1.807, 2.05) is 0 Å². The first-order valence-electron chi connectivity index (χ1n) is 7.37. The lowest BCUT2D eigenvalue weighted by Gasteiger charge is -2.14. The van der Waals surface area contributed by atoms with Crippen LogP contribution in [0.5, 0.6) is 5.75 Å². The third-order valence-corrected chi connectivity index (χ3v) is 3.34. The van der Waals surface area contributed by atoms with E-state index in [1.165, 1.54) is 32.2 Å². The van der Waals surface area contributed by atoms with Crippen LogP contribution >= 0.6 is 0 Å². The van der Waals surface area contributed by atoms with Crippen molar-refractivity contribution in [1.82, 2.24) is 5.32 Å². The number of ether oxygens (including phenoxy) is 2. The Labute approximate surface area is 139 Å². The quantitative estimate of drug-likeness (QED) is 0.827. The van der Waals surface area contributed by atoms with Gasteiger partial charge in [0.15, 0.2) is 6.10 Å². The third kappa shape index (κ3) is 4.81. The smallest absolute Gasteiger partial charge is 0.339 e. The van der Waals surface area contributed by atoms with Crippen molar-refractivity contribution < 1.29 is 23.5 Å². The van der Waals surface area contributed by atoms with E-state index in [1.54, 1.807) is 30.3 Å². The summed E-state index contributed by atoms with van der Waals surface area (Å²) in [5.74, 6) is -0.863. The van der Waals surface area contributed by atoms with E-state index in [2.05, 4.69) is 5.32 Å². The second-order valence-electron chi connectivity index (χ2n) is 5.12. The van der Waals surface area contributed by atoms with Gasteiger partial charge in [-0.1, -0.05) is 18.2 Å². The van der Waals surface area contributed by atoms with Crippen molar-refractivity contribution in [3.05, 3.63) is 65.5 Å². The molecule has 0 aliphatic carbocycles. The molecule has 0 radical (unpaired) electrons. The predicted molar refractivity (Wildman–Crippen MR) is 86.1 cm³/mol. The van der Waals surface area contributed by atoms with Crippen molar-refractivity contribution >= 4 is 11.9 Å². The van der Waals surface area contributed by atoms with Gasteiger partial charge in [-0.15, -0.1) is 0 Å². The van der Waals surface area contributed by atoms with Gasteiger partial charge >= 0.3 is 5.97 Å². The average Bonchev–Trinajstić information content (AvgIpc) is 2.60. The van der Waals surface area contributed by atoms with Crippen LogP contribution in [0.3, 0.4) is 0 Å². The molecule has 0 heterocycles. The number of rotatable bonds is 6.